The van der Waals surface area contributed by atoms with Gasteiger partial charge in [-0.2, -0.15) is 0 Å². The van der Waals surface area contributed by atoms with Crippen molar-refractivity contribution in [3.8, 4) is 0 Å². The number of likely N-dealkylation sites (N-methyl/N-ethyl adjacent to an activating group) is 1. The van der Waals surface area contributed by atoms with Crippen molar-refractivity contribution in [2.45, 2.75) is 19.4 Å². The van der Waals surface area contributed by atoms with Crippen molar-refractivity contribution in [3.05, 3.63) is 12.8 Å². The summed E-state index contributed by atoms with van der Waals surface area (Å²) >= 11 is 0. The van der Waals surface area contributed by atoms with Crippen LogP contribution in [-0.2, 0) is 19.1 Å². The molecule has 6 heteroatoms. The Hall–Kier alpha value is -1.07. The summed E-state index contributed by atoms with van der Waals surface area (Å²) in [4.78, 5) is 22.1. The standard InChI is InChI=1S/C11H20NO4.ClH/c1-6-15-11(14)7-10(16-9(2)13)8-12(3,4)5;/h6,10H,1,7-8H2,2-5H3;1H/q+1;/p-1. The van der Waals surface area contributed by atoms with Crippen LogP contribution in [-0.4, -0.2) is 50.2 Å². The lowest BCUT2D eigenvalue weighted by molar-refractivity contribution is -0.873. The molecular formula is C11H20ClNO4. The molecule has 0 saturated heterocycles. The van der Waals surface area contributed by atoms with Gasteiger partial charge in [0, 0.05) is 6.92 Å². The number of carbonyl (C=O) groups excluding carboxylic acids is 2. The number of hydrogen-bond acceptors (Lipinski definition) is 4. The minimum Gasteiger partial charge on any atom is -1.00 e. The van der Waals surface area contributed by atoms with Crippen LogP contribution in [0.4, 0.5) is 0 Å². The number of nitrogens with zero attached hydrogens (tertiary/aromatic N) is 1. The van der Waals surface area contributed by atoms with E-state index in [2.05, 4.69) is 11.3 Å². The molecular weight excluding hydrogens is 246 g/mol. The van der Waals surface area contributed by atoms with Crippen LogP contribution in [0.1, 0.15) is 13.3 Å². The second kappa shape index (κ2) is 8.08. The number of esters is 2. The molecule has 0 aromatic rings. The molecule has 0 heterocycles. The van der Waals surface area contributed by atoms with E-state index < -0.39 is 18.0 Å². The van der Waals surface area contributed by atoms with Crippen molar-refractivity contribution < 1.29 is 36.0 Å². The molecule has 0 aliphatic heterocycles. The van der Waals surface area contributed by atoms with Crippen molar-refractivity contribution in [2.24, 2.45) is 0 Å². The summed E-state index contributed by atoms with van der Waals surface area (Å²) in [5, 5.41) is 0. The highest BCUT2D eigenvalue weighted by molar-refractivity contribution is 5.71. The Morgan fingerprint density at radius 2 is 1.88 bits per heavy atom. The summed E-state index contributed by atoms with van der Waals surface area (Å²) in [6.07, 6.45) is 0.644. The lowest BCUT2D eigenvalue weighted by atomic mass is 10.2. The Morgan fingerprint density at radius 3 is 2.24 bits per heavy atom. The summed E-state index contributed by atoms with van der Waals surface area (Å²) in [7, 11) is 5.86. The van der Waals surface area contributed by atoms with E-state index in [1.165, 1.54) is 6.92 Å². The molecule has 17 heavy (non-hydrogen) atoms. The van der Waals surface area contributed by atoms with Crippen LogP contribution in [0, 0.1) is 0 Å². The van der Waals surface area contributed by atoms with E-state index in [9.17, 15) is 9.59 Å². The molecule has 0 N–H and O–H groups in total. The van der Waals surface area contributed by atoms with Gasteiger partial charge in [0.15, 0.2) is 6.10 Å². The zero-order valence-electron chi connectivity index (χ0n) is 10.7. The van der Waals surface area contributed by atoms with Gasteiger partial charge < -0.3 is 26.4 Å². The quantitative estimate of drug-likeness (QED) is 0.308. The van der Waals surface area contributed by atoms with E-state index in [0.717, 1.165) is 6.26 Å². The molecule has 0 spiro atoms. The highest BCUT2D eigenvalue weighted by atomic mass is 35.5. The molecule has 0 aromatic carbocycles. The third kappa shape index (κ3) is 11.2. The van der Waals surface area contributed by atoms with Gasteiger partial charge in [0.1, 0.15) is 6.54 Å². The molecule has 0 aromatic heterocycles. The fourth-order valence-electron chi connectivity index (χ4n) is 1.32. The van der Waals surface area contributed by atoms with Crippen LogP contribution in [0.25, 0.3) is 0 Å². The first kappa shape index (κ1) is 18.3. The van der Waals surface area contributed by atoms with Gasteiger partial charge in [0.25, 0.3) is 0 Å². The predicted molar refractivity (Wildman–Crippen MR) is 59.4 cm³/mol. The maximum absolute atomic E-state index is 11.2. The van der Waals surface area contributed by atoms with E-state index in [1.54, 1.807) is 0 Å². The monoisotopic (exact) mass is 265 g/mol. The summed E-state index contributed by atoms with van der Waals surface area (Å²) in [5.74, 6) is -0.848. The van der Waals surface area contributed by atoms with Crippen LogP contribution in [0.2, 0.25) is 0 Å². The highest BCUT2D eigenvalue weighted by Crippen LogP contribution is 2.06. The molecule has 0 aliphatic carbocycles. The lowest BCUT2D eigenvalue weighted by Gasteiger charge is -2.28. The normalized spacial score (nSPS) is 12.0. The zero-order chi connectivity index (χ0) is 12.8. The van der Waals surface area contributed by atoms with Crippen LogP contribution < -0.4 is 12.4 Å². The lowest BCUT2D eigenvalue weighted by Crippen LogP contribution is -3.00. The number of rotatable bonds is 6. The fraction of sp³-hybridized carbons (Fsp3) is 0.636. The fourth-order valence-corrected chi connectivity index (χ4v) is 1.32. The minimum atomic E-state index is -0.468. The number of halogens is 1. The number of hydrogen-bond donors (Lipinski definition) is 0. The first-order valence-electron chi connectivity index (χ1n) is 5.02. The van der Waals surface area contributed by atoms with Crippen molar-refractivity contribution in [1.82, 2.24) is 0 Å². The minimum absolute atomic E-state index is 0. The van der Waals surface area contributed by atoms with Crippen molar-refractivity contribution >= 4 is 11.9 Å². The molecule has 0 aliphatic rings. The molecule has 100 valence electrons. The molecule has 0 bridgehead atoms. The molecule has 1 atom stereocenters. The molecule has 0 rings (SSSR count). The maximum atomic E-state index is 11.2. The second-order valence-corrected chi connectivity index (χ2v) is 4.56. The van der Waals surface area contributed by atoms with Gasteiger partial charge in [0.2, 0.25) is 0 Å². The summed E-state index contributed by atoms with van der Waals surface area (Å²) < 4.78 is 10.2. The van der Waals surface area contributed by atoms with Gasteiger partial charge in [-0.25, -0.2) is 0 Å². The van der Waals surface area contributed by atoms with Crippen LogP contribution >= 0.6 is 0 Å². The average molecular weight is 266 g/mol. The molecule has 5 nitrogen and oxygen atoms in total. The second-order valence-electron chi connectivity index (χ2n) is 4.56. The van der Waals surface area contributed by atoms with Gasteiger partial charge in [0.05, 0.1) is 33.8 Å². The number of carbonyl (C=O) groups is 2. The Bertz CT molecular complexity index is 273. The van der Waals surface area contributed by atoms with Gasteiger partial charge in [-0.3, -0.25) is 9.59 Å². The molecule has 0 saturated carbocycles. The molecule has 1 unspecified atom stereocenters. The van der Waals surface area contributed by atoms with E-state index in [4.69, 9.17) is 4.74 Å². The Labute approximate surface area is 108 Å². The smallest absolute Gasteiger partial charge is 0.314 e. The number of quaternary nitrogens is 1. The predicted octanol–water partition coefficient (Wildman–Crippen LogP) is -2.29. The SMILES string of the molecule is C=COC(=O)CC(C[N+](C)(C)C)OC(C)=O.[Cl-]. The highest BCUT2D eigenvalue weighted by Gasteiger charge is 2.24. The number of ether oxygens (including phenoxy) is 2. The van der Waals surface area contributed by atoms with Crippen LogP contribution in [0.3, 0.4) is 0 Å². The van der Waals surface area contributed by atoms with Crippen molar-refractivity contribution in [1.29, 1.82) is 0 Å². The topological polar surface area (TPSA) is 52.6 Å². The van der Waals surface area contributed by atoms with Crippen LogP contribution in [0.15, 0.2) is 12.8 Å². The van der Waals surface area contributed by atoms with E-state index in [-0.39, 0.29) is 18.8 Å². The molecule has 0 amide bonds. The van der Waals surface area contributed by atoms with Gasteiger partial charge in [-0.15, -0.1) is 0 Å². The summed E-state index contributed by atoms with van der Waals surface area (Å²) in [6.45, 7) is 5.16. The Balaban J connectivity index is 0. The van der Waals surface area contributed by atoms with Gasteiger partial charge in [-0.1, -0.05) is 6.58 Å². The Morgan fingerprint density at radius 1 is 1.35 bits per heavy atom. The van der Waals surface area contributed by atoms with Gasteiger partial charge in [-0.05, 0) is 0 Å². The summed E-state index contributed by atoms with van der Waals surface area (Å²) in [6, 6.07) is 0. The third-order valence-corrected chi connectivity index (χ3v) is 1.69. The molecule has 0 fully saturated rings. The van der Waals surface area contributed by atoms with Crippen molar-refractivity contribution in [2.75, 3.05) is 27.7 Å². The summed E-state index contributed by atoms with van der Waals surface area (Å²) in [5.41, 5.74) is 0. The Kier molecular flexibility index (Phi) is 8.70. The average Bonchev–Trinajstić information content (AvgIpc) is 1.98. The molecule has 0 radical (unpaired) electrons. The van der Waals surface area contributed by atoms with Gasteiger partial charge >= 0.3 is 11.9 Å². The van der Waals surface area contributed by atoms with E-state index >= 15 is 0 Å². The first-order valence-corrected chi connectivity index (χ1v) is 5.02. The first-order chi connectivity index (χ1) is 7.24. The largest absolute Gasteiger partial charge is 1.00 e. The zero-order valence-corrected chi connectivity index (χ0v) is 11.5. The maximum Gasteiger partial charge on any atom is 0.314 e. The van der Waals surface area contributed by atoms with E-state index in [0.29, 0.717) is 11.0 Å². The van der Waals surface area contributed by atoms with Crippen molar-refractivity contribution in [3.63, 3.8) is 0 Å². The van der Waals surface area contributed by atoms with E-state index in [1.807, 2.05) is 21.1 Å². The van der Waals surface area contributed by atoms with Crippen LogP contribution in [0.5, 0.6) is 0 Å². The third-order valence-electron chi connectivity index (χ3n) is 1.69.